The molecule has 1 aromatic heterocycles. The number of anilines is 1. The van der Waals surface area contributed by atoms with Crippen molar-refractivity contribution in [2.45, 2.75) is 6.54 Å². The van der Waals surface area contributed by atoms with Crippen LogP contribution in [0.3, 0.4) is 0 Å². The van der Waals surface area contributed by atoms with E-state index in [4.69, 9.17) is 10.2 Å². The first-order chi connectivity index (χ1) is 9.58. The molecule has 0 bridgehead atoms. The van der Waals surface area contributed by atoms with Crippen LogP contribution in [0.4, 0.5) is 5.69 Å². The molecule has 102 valence electrons. The van der Waals surface area contributed by atoms with Gasteiger partial charge in [0.05, 0.1) is 23.4 Å². The van der Waals surface area contributed by atoms with Gasteiger partial charge in [0, 0.05) is 11.9 Å². The monoisotopic (exact) mass is 272 g/mol. The molecule has 1 aromatic carbocycles. The zero-order valence-electron chi connectivity index (χ0n) is 10.4. The van der Waals surface area contributed by atoms with E-state index in [1.54, 1.807) is 18.3 Å². The second kappa shape index (κ2) is 5.83. The number of carboxylic acids is 2. The summed E-state index contributed by atoms with van der Waals surface area (Å²) in [7, 11) is 0. The van der Waals surface area contributed by atoms with Crippen LogP contribution in [0, 0.1) is 0 Å². The summed E-state index contributed by atoms with van der Waals surface area (Å²) in [5.41, 5.74) is 1.03. The maximum absolute atomic E-state index is 11.1. The van der Waals surface area contributed by atoms with Crippen molar-refractivity contribution in [3.63, 3.8) is 0 Å². The van der Waals surface area contributed by atoms with Gasteiger partial charge in [-0.2, -0.15) is 0 Å². The average Bonchev–Trinajstić information content (AvgIpc) is 2.45. The lowest BCUT2D eigenvalue weighted by atomic mass is 10.1. The molecular weight excluding hydrogens is 260 g/mol. The fraction of sp³-hybridized carbons (Fsp3) is 0.0714. The molecule has 0 atom stereocenters. The molecule has 0 aliphatic rings. The van der Waals surface area contributed by atoms with Crippen molar-refractivity contribution < 1.29 is 19.8 Å². The Kier molecular flexibility index (Phi) is 3.95. The molecule has 1 heterocycles. The molecule has 0 spiro atoms. The number of aromatic carboxylic acids is 2. The van der Waals surface area contributed by atoms with Gasteiger partial charge in [-0.1, -0.05) is 6.07 Å². The van der Waals surface area contributed by atoms with Crippen molar-refractivity contribution >= 4 is 17.6 Å². The summed E-state index contributed by atoms with van der Waals surface area (Å²) in [6.45, 7) is 0.310. The van der Waals surface area contributed by atoms with Crippen LogP contribution in [0.25, 0.3) is 0 Å². The molecule has 0 amide bonds. The van der Waals surface area contributed by atoms with Crippen molar-refractivity contribution in [3.05, 3.63) is 59.4 Å². The molecule has 0 aliphatic heterocycles. The number of benzene rings is 1. The Morgan fingerprint density at radius 2 is 1.90 bits per heavy atom. The molecule has 6 nitrogen and oxygen atoms in total. The molecule has 0 radical (unpaired) electrons. The summed E-state index contributed by atoms with van der Waals surface area (Å²) in [5, 5.41) is 20.9. The Morgan fingerprint density at radius 3 is 2.50 bits per heavy atom. The van der Waals surface area contributed by atoms with E-state index in [2.05, 4.69) is 10.3 Å². The van der Waals surface area contributed by atoms with Gasteiger partial charge in [0.15, 0.2) is 0 Å². The Labute approximate surface area is 114 Å². The third-order valence-electron chi connectivity index (χ3n) is 2.68. The van der Waals surface area contributed by atoms with Crippen molar-refractivity contribution in [2.75, 3.05) is 5.32 Å². The number of aromatic nitrogens is 1. The van der Waals surface area contributed by atoms with Gasteiger partial charge < -0.3 is 15.5 Å². The lowest BCUT2D eigenvalue weighted by molar-refractivity contribution is 0.0682. The number of nitrogens with one attached hydrogen (secondary N) is 1. The van der Waals surface area contributed by atoms with E-state index in [0.29, 0.717) is 6.54 Å². The molecule has 0 fully saturated rings. The quantitative estimate of drug-likeness (QED) is 0.770. The molecule has 20 heavy (non-hydrogen) atoms. The Hall–Kier alpha value is -2.89. The molecule has 2 aromatic rings. The summed E-state index contributed by atoms with van der Waals surface area (Å²) >= 11 is 0. The second-order valence-corrected chi connectivity index (χ2v) is 4.05. The first-order valence-electron chi connectivity index (χ1n) is 5.82. The summed E-state index contributed by atoms with van der Waals surface area (Å²) in [6.07, 6.45) is 1.63. The fourth-order valence-electron chi connectivity index (χ4n) is 1.70. The molecule has 3 N–H and O–H groups in total. The minimum Gasteiger partial charge on any atom is -0.478 e. The average molecular weight is 272 g/mol. The van der Waals surface area contributed by atoms with Crippen molar-refractivity contribution in [1.29, 1.82) is 0 Å². The van der Waals surface area contributed by atoms with Gasteiger partial charge in [-0.15, -0.1) is 0 Å². The van der Waals surface area contributed by atoms with Gasteiger partial charge >= 0.3 is 11.9 Å². The molecule has 0 aliphatic carbocycles. The van der Waals surface area contributed by atoms with E-state index in [0.717, 1.165) is 5.69 Å². The Bertz CT molecular complexity index is 641. The number of hydrogen-bond donors (Lipinski definition) is 3. The summed E-state index contributed by atoms with van der Waals surface area (Å²) in [4.78, 5) is 26.1. The third kappa shape index (κ3) is 3.11. The predicted molar refractivity (Wildman–Crippen MR) is 71.9 cm³/mol. The van der Waals surface area contributed by atoms with Gasteiger partial charge in [-0.3, -0.25) is 4.98 Å². The van der Waals surface area contributed by atoms with Crippen LogP contribution in [-0.2, 0) is 6.54 Å². The highest BCUT2D eigenvalue weighted by atomic mass is 16.4. The molecule has 0 unspecified atom stereocenters. The maximum Gasteiger partial charge on any atom is 0.337 e. The Morgan fingerprint density at radius 1 is 1.10 bits per heavy atom. The smallest absolute Gasteiger partial charge is 0.337 e. The highest BCUT2D eigenvalue weighted by molar-refractivity contribution is 5.97. The predicted octanol–water partition coefficient (Wildman–Crippen LogP) is 2.09. The van der Waals surface area contributed by atoms with E-state index in [9.17, 15) is 9.59 Å². The lowest BCUT2D eigenvalue weighted by Gasteiger charge is -2.10. The van der Waals surface area contributed by atoms with Crippen LogP contribution >= 0.6 is 0 Å². The zero-order chi connectivity index (χ0) is 14.5. The number of rotatable bonds is 5. The summed E-state index contributed by atoms with van der Waals surface area (Å²) in [6, 6.07) is 9.21. The van der Waals surface area contributed by atoms with E-state index in [1.807, 2.05) is 6.07 Å². The van der Waals surface area contributed by atoms with Gasteiger partial charge in [-0.05, 0) is 30.3 Å². The molecule has 2 rings (SSSR count). The number of carbonyl (C=O) groups is 2. The first kappa shape index (κ1) is 13.5. The number of pyridine rings is 1. The highest BCUT2D eigenvalue weighted by Gasteiger charge is 2.13. The van der Waals surface area contributed by atoms with E-state index >= 15 is 0 Å². The second-order valence-electron chi connectivity index (χ2n) is 4.05. The summed E-state index contributed by atoms with van der Waals surface area (Å²) < 4.78 is 0. The van der Waals surface area contributed by atoms with Gasteiger partial charge in [-0.25, -0.2) is 9.59 Å². The van der Waals surface area contributed by atoms with Crippen LogP contribution in [0.2, 0.25) is 0 Å². The van der Waals surface area contributed by atoms with Crippen molar-refractivity contribution in [3.8, 4) is 0 Å². The summed E-state index contributed by atoms with van der Waals surface area (Å²) in [5.74, 6) is -2.23. The van der Waals surface area contributed by atoms with E-state index in [1.165, 1.54) is 18.2 Å². The highest BCUT2D eigenvalue weighted by Crippen LogP contribution is 2.19. The van der Waals surface area contributed by atoms with Gasteiger partial charge in [0.1, 0.15) is 0 Å². The van der Waals surface area contributed by atoms with Crippen molar-refractivity contribution in [2.24, 2.45) is 0 Å². The van der Waals surface area contributed by atoms with E-state index < -0.39 is 11.9 Å². The van der Waals surface area contributed by atoms with Crippen LogP contribution in [0.15, 0.2) is 42.6 Å². The number of nitrogens with zero attached hydrogens (tertiary/aromatic N) is 1. The normalized spacial score (nSPS) is 10.0. The SMILES string of the molecule is O=C(O)c1ccc(C(=O)O)c(NCc2ccccn2)c1. The minimum atomic E-state index is -1.12. The van der Waals surface area contributed by atoms with Gasteiger partial charge in [0.2, 0.25) is 0 Å². The molecular formula is C14H12N2O4. The zero-order valence-corrected chi connectivity index (χ0v) is 10.4. The van der Waals surface area contributed by atoms with Crippen molar-refractivity contribution in [1.82, 2.24) is 4.98 Å². The topological polar surface area (TPSA) is 99.5 Å². The Balaban J connectivity index is 2.26. The van der Waals surface area contributed by atoms with Crippen LogP contribution in [0.5, 0.6) is 0 Å². The number of hydrogen-bond acceptors (Lipinski definition) is 4. The maximum atomic E-state index is 11.1. The first-order valence-corrected chi connectivity index (χ1v) is 5.82. The van der Waals surface area contributed by atoms with Crippen LogP contribution in [-0.4, -0.2) is 27.1 Å². The largest absolute Gasteiger partial charge is 0.478 e. The fourth-order valence-corrected chi connectivity index (χ4v) is 1.70. The molecule has 6 heteroatoms. The van der Waals surface area contributed by atoms with Crippen LogP contribution < -0.4 is 5.32 Å². The third-order valence-corrected chi connectivity index (χ3v) is 2.68. The standard InChI is InChI=1S/C14H12N2O4/c17-13(18)9-4-5-11(14(19)20)12(7-9)16-8-10-3-1-2-6-15-10/h1-7,16H,8H2,(H,17,18)(H,19,20). The molecule has 0 saturated heterocycles. The van der Waals surface area contributed by atoms with Crippen LogP contribution in [0.1, 0.15) is 26.4 Å². The van der Waals surface area contributed by atoms with Gasteiger partial charge in [0.25, 0.3) is 0 Å². The molecule has 0 saturated carbocycles. The van der Waals surface area contributed by atoms with E-state index in [-0.39, 0.29) is 16.8 Å². The number of carboxylic acid groups (broad SMARTS) is 2. The lowest BCUT2D eigenvalue weighted by Crippen LogP contribution is -2.09. The minimum absolute atomic E-state index is 0.0194.